The van der Waals surface area contributed by atoms with Gasteiger partial charge >= 0.3 is 0 Å². The molecule has 1 unspecified atom stereocenters. The summed E-state index contributed by atoms with van der Waals surface area (Å²) in [6, 6.07) is 0. The standard InChI is InChI=1S/C18H28O2/c1-3-4-14-5-7-15(8-6-14)12-18(20)16-9-10-17(19)13(2)11-16/h9-10,13-15,19H,3-8,11-12H2,1-2H3. The summed E-state index contributed by atoms with van der Waals surface area (Å²) in [5.74, 6) is 2.30. The maximum absolute atomic E-state index is 12.3. The molecule has 112 valence electrons. The third-order valence-electron chi connectivity index (χ3n) is 4.98. The predicted molar refractivity (Wildman–Crippen MR) is 82.6 cm³/mol. The smallest absolute Gasteiger partial charge is 0.159 e. The first-order valence-electron chi connectivity index (χ1n) is 8.23. The number of carbonyl (C=O) groups excluding carboxylic acids is 1. The third-order valence-corrected chi connectivity index (χ3v) is 4.98. The lowest BCUT2D eigenvalue weighted by atomic mass is 9.77. The first-order valence-corrected chi connectivity index (χ1v) is 8.23. The van der Waals surface area contributed by atoms with Gasteiger partial charge in [-0.2, -0.15) is 0 Å². The molecule has 1 N–H and O–H groups in total. The largest absolute Gasteiger partial charge is 0.512 e. The highest BCUT2D eigenvalue weighted by Gasteiger charge is 2.25. The van der Waals surface area contributed by atoms with Crippen LogP contribution in [0.3, 0.4) is 0 Å². The van der Waals surface area contributed by atoms with Crippen LogP contribution in [0, 0.1) is 17.8 Å². The molecule has 0 aromatic rings. The Morgan fingerprint density at radius 1 is 1.20 bits per heavy atom. The van der Waals surface area contributed by atoms with Crippen LogP contribution in [0.1, 0.15) is 65.2 Å². The zero-order valence-electron chi connectivity index (χ0n) is 12.9. The van der Waals surface area contributed by atoms with Crippen LogP contribution in [-0.2, 0) is 4.79 Å². The zero-order valence-corrected chi connectivity index (χ0v) is 12.9. The molecule has 0 amide bonds. The van der Waals surface area contributed by atoms with Crippen molar-refractivity contribution in [2.24, 2.45) is 17.8 Å². The molecule has 1 saturated carbocycles. The lowest BCUT2D eigenvalue weighted by Gasteiger charge is -2.28. The number of allylic oxidation sites excluding steroid dienone is 4. The molecule has 2 nitrogen and oxygen atoms in total. The molecule has 2 rings (SSSR count). The molecule has 2 heteroatoms. The monoisotopic (exact) mass is 276 g/mol. The van der Waals surface area contributed by atoms with Crippen molar-refractivity contribution in [2.75, 3.05) is 0 Å². The number of ketones is 1. The van der Waals surface area contributed by atoms with E-state index in [0.717, 1.165) is 11.5 Å². The van der Waals surface area contributed by atoms with Crippen molar-refractivity contribution in [3.05, 3.63) is 23.5 Å². The van der Waals surface area contributed by atoms with E-state index in [4.69, 9.17) is 0 Å². The molecule has 0 heterocycles. The van der Waals surface area contributed by atoms with Gasteiger partial charge in [0.2, 0.25) is 0 Å². The topological polar surface area (TPSA) is 37.3 Å². The van der Waals surface area contributed by atoms with E-state index in [2.05, 4.69) is 6.92 Å². The summed E-state index contributed by atoms with van der Waals surface area (Å²) in [6.07, 6.45) is 12.6. The van der Waals surface area contributed by atoms with Crippen LogP contribution in [0.25, 0.3) is 0 Å². The number of hydrogen-bond donors (Lipinski definition) is 1. The van der Waals surface area contributed by atoms with Crippen LogP contribution < -0.4 is 0 Å². The molecule has 0 aromatic carbocycles. The highest BCUT2D eigenvalue weighted by atomic mass is 16.3. The molecular weight excluding hydrogens is 248 g/mol. The SMILES string of the molecule is CCCC1CCC(CC(=O)C2=CC=C(O)C(C)C2)CC1. The van der Waals surface area contributed by atoms with Gasteiger partial charge in [-0.25, -0.2) is 0 Å². The van der Waals surface area contributed by atoms with Crippen molar-refractivity contribution in [3.63, 3.8) is 0 Å². The maximum atomic E-state index is 12.3. The molecule has 0 aliphatic heterocycles. The van der Waals surface area contributed by atoms with Crippen LogP contribution in [0.2, 0.25) is 0 Å². The van der Waals surface area contributed by atoms with E-state index < -0.39 is 0 Å². The Hall–Kier alpha value is -1.05. The fourth-order valence-corrected chi connectivity index (χ4v) is 3.59. The quantitative estimate of drug-likeness (QED) is 0.770. The maximum Gasteiger partial charge on any atom is 0.159 e. The number of carbonyl (C=O) groups is 1. The Labute approximate surface area is 123 Å². The first-order chi connectivity index (χ1) is 9.60. The fourth-order valence-electron chi connectivity index (χ4n) is 3.59. The summed E-state index contributed by atoms with van der Waals surface area (Å²) in [5.41, 5.74) is 0.908. The van der Waals surface area contributed by atoms with E-state index in [-0.39, 0.29) is 5.92 Å². The minimum Gasteiger partial charge on any atom is -0.512 e. The van der Waals surface area contributed by atoms with E-state index >= 15 is 0 Å². The van der Waals surface area contributed by atoms with Gasteiger partial charge in [-0.3, -0.25) is 4.79 Å². The molecule has 2 aliphatic carbocycles. The van der Waals surface area contributed by atoms with Gasteiger partial charge in [0, 0.05) is 12.3 Å². The van der Waals surface area contributed by atoms with Crippen molar-refractivity contribution in [1.82, 2.24) is 0 Å². The summed E-state index contributed by atoms with van der Waals surface area (Å²) in [6.45, 7) is 4.23. The van der Waals surface area contributed by atoms with Gasteiger partial charge < -0.3 is 5.11 Å². The second-order valence-corrected chi connectivity index (χ2v) is 6.69. The normalized spacial score (nSPS) is 30.6. The zero-order chi connectivity index (χ0) is 14.5. The van der Waals surface area contributed by atoms with Crippen molar-refractivity contribution in [1.29, 1.82) is 0 Å². The molecule has 2 aliphatic rings. The predicted octanol–water partition coefficient (Wildman–Crippen LogP) is 4.96. The van der Waals surface area contributed by atoms with Crippen molar-refractivity contribution >= 4 is 5.78 Å². The van der Waals surface area contributed by atoms with E-state index in [1.165, 1.54) is 38.5 Å². The van der Waals surface area contributed by atoms with Crippen LogP contribution in [0.15, 0.2) is 23.5 Å². The Kier molecular flexibility index (Phi) is 5.45. The molecular formula is C18H28O2. The van der Waals surface area contributed by atoms with Gasteiger partial charge in [-0.15, -0.1) is 0 Å². The number of rotatable bonds is 5. The van der Waals surface area contributed by atoms with Crippen LogP contribution in [0.5, 0.6) is 0 Å². The Bertz CT molecular complexity index is 398. The van der Waals surface area contributed by atoms with Gasteiger partial charge in [0.15, 0.2) is 5.78 Å². The third kappa shape index (κ3) is 3.97. The van der Waals surface area contributed by atoms with Gasteiger partial charge in [0.1, 0.15) is 0 Å². The van der Waals surface area contributed by atoms with Gasteiger partial charge in [-0.1, -0.05) is 45.6 Å². The molecule has 0 radical (unpaired) electrons. The van der Waals surface area contributed by atoms with Gasteiger partial charge in [0.25, 0.3) is 0 Å². The molecule has 1 atom stereocenters. The van der Waals surface area contributed by atoms with E-state index in [9.17, 15) is 9.90 Å². The second-order valence-electron chi connectivity index (χ2n) is 6.69. The summed E-state index contributed by atoms with van der Waals surface area (Å²) >= 11 is 0. The van der Waals surface area contributed by atoms with E-state index in [1.54, 1.807) is 6.08 Å². The number of aliphatic hydroxyl groups is 1. The van der Waals surface area contributed by atoms with Crippen molar-refractivity contribution < 1.29 is 9.90 Å². The molecule has 0 saturated heterocycles. The highest BCUT2D eigenvalue weighted by molar-refractivity contribution is 5.96. The van der Waals surface area contributed by atoms with E-state index in [1.807, 2.05) is 13.0 Å². The number of Topliss-reactive ketones (excluding diaryl/α,β-unsaturated/α-hetero) is 1. The summed E-state index contributed by atoms with van der Waals surface area (Å²) < 4.78 is 0. The lowest BCUT2D eigenvalue weighted by molar-refractivity contribution is -0.117. The Balaban J connectivity index is 1.81. The Morgan fingerprint density at radius 3 is 2.45 bits per heavy atom. The Morgan fingerprint density at radius 2 is 1.85 bits per heavy atom. The molecule has 1 fully saturated rings. The average molecular weight is 276 g/mol. The van der Waals surface area contributed by atoms with Crippen LogP contribution >= 0.6 is 0 Å². The average Bonchev–Trinajstić information content (AvgIpc) is 2.44. The lowest BCUT2D eigenvalue weighted by Crippen LogP contribution is -2.19. The van der Waals surface area contributed by atoms with Gasteiger partial charge in [0.05, 0.1) is 5.76 Å². The summed E-state index contributed by atoms with van der Waals surface area (Å²) in [4.78, 5) is 12.3. The summed E-state index contributed by atoms with van der Waals surface area (Å²) in [7, 11) is 0. The minimum absolute atomic E-state index is 0.0965. The molecule has 0 bridgehead atoms. The molecule has 0 aromatic heterocycles. The fraction of sp³-hybridized carbons (Fsp3) is 0.722. The minimum atomic E-state index is 0.0965. The van der Waals surface area contributed by atoms with Crippen molar-refractivity contribution in [2.45, 2.75) is 65.2 Å². The van der Waals surface area contributed by atoms with Crippen LogP contribution in [0.4, 0.5) is 0 Å². The molecule has 20 heavy (non-hydrogen) atoms. The van der Waals surface area contributed by atoms with Crippen molar-refractivity contribution in [3.8, 4) is 0 Å². The number of aliphatic hydroxyl groups excluding tert-OH is 1. The van der Waals surface area contributed by atoms with E-state index in [0.29, 0.717) is 30.3 Å². The van der Waals surface area contributed by atoms with Crippen LogP contribution in [-0.4, -0.2) is 10.9 Å². The van der Waals surface area contributed by atoms with Gasteiger partial charge in [-0.05, 0) is 42.7 Å². The summed E-state index contributed by atoms with van der Waals surface area (Å²) in [5, 5.41) is 9.58. The second kappa shape index (κ2) is 7.10. The molecule has 0 spiro atoms. The highest BCUT2D eigenvalue weighted by Crippen LogP contribution is 2.34. The first kappa shape index (κ1) is 15.3. The number of hydrogen-bond acceptors (Lipinski definition) is 2.